The number of carbonyl (C=O) groups is 1. The third kappa shape index (κ3) is 6.11. The molecule has 0 aromatic heterocycles. The first-order valence-electron chi connectivity index (χ1n) is 12.2. The van der Waals surface area contributed by atoms with Gasteiger partial charge in [-0.1, -0.05) is 26.8 Å². The van der Waals surface area contributed by atoms with E-state index in [9.17, 15) is 10.1 Å². The number of alkyl halides is 1. The summed E-state index contributed by atoms with van der Waals surface area (Å²) in [6, 6.07) is 7.82. The van der Waals surface area contributed by atoms with Gasteiger partial charge in [0.2, 0.25) is 5.91 Å². The van der Waals surface area contributed by atoms with Gasteiger partial charge in [0.1, 0.15) is 12.0 Å². The van der Waals surface area contributed by atoms with Crippen molar-refractivity contribution in [3.05, 3.63) is 34.9 Å². The molecular weight excluding hydrogens is 419 g/mol. The standard InChI is InChI=1S/C26H39FN4O2/c1-17(2)11-18(3)12-21-14-20-6-5-19(15-28)13-22(20)23(21)24(32)31(25(29)30-4)16-26(27)7-9-33-10-8-26/h5-6,13,17-18,21,23,25,30H,7-12,14,16,29H2,1-4H3. The molecule has 4 atom stereocenters. The molecule has 1 fully saturated rings. The highest BCUT2D eigenvalue weighted by Gasteiger charge is 2.44. The van der Waals surface area contributed by atoms with Crippen LogP contribution in [0.2, 0.25) is 0 Å². The third-order valence-corrected chi connectivity index (χ3v) is 7.17. The van der Waals surface area contributed by atoms with Gasteiger partial charge in [-0.25, -0.2) is 4.39 Å². The Morgan fingerprint density at radius 2 is 2.06 bits per heavy atom. The van der Waals surface area contributed by atoms with E-state index in [1.165, 1.54) is 4.90 Å². The number of carbonyl (C=O) groups excluding carboxylic acids is 1. The van der Waals surface area contributed by atoms with Crippen molar-refractivity contribution < 1.29 is 13.9 Å². The van der Waals surface area contributed by atoms with Gasteiger partial charge >= 0.3 is 0 Å². The minimum atomic E-state index is -1.52. The molecule has 182 valence electrons. The number of fused-ring (bicyclic) bond motifs is 1. The second kappa shape index (κ2) is 10.9. The Hall–Kier alpha value is -2.01. The van der Waals surface area contributed by atoms with Crippen molar-refractivity contribution in [3.8, 4) is 6.07 Å². The third-order valence-electron chi connectivity index (χ3n) is 7.17. The Morgan fingerprint density at radius 1 is 1.36 bits per heavy atom. The largest absolute Gasteiger partial charge is 0.381 e. The van der Waals surface area contributed by atoms with E-state index in [0.29, 0.717) is 30.6 Å². The van der Waals surface area contributed by atoms with Crippen LogP contribution in [0.1, 0.15) is 69.1 Å². The number of hydrogen-bond donors (Lipinski definition) is 2. The molecule has 1 saturated heterocycles. The number of nitrogens with two attached hydrogens (primary N) is 1. The molecule has 0 radical (unpaired) electrons. The minimum absolute atomic E-state index is 0.0603. The summed E-state index contributed by atoms with van der Waals surface area (Å²) >= 11 is 0. The molecule has 1 aliphatic carbocycles. The SMILES string of the molecule is CNC(N)N(CC1(F)CCOCC1)C(=O)C1c2cc(C#N)ccc2CC1CC(C)CC(C)C. The molecular formula is C26H39FN4O2. The van der Waals surface area contributed by atoms with E-state index in [0.717, 1.165) is 30.4 Å². The number of hydrogen-bond acceptors (Lipinski definition) is 5. The molecule has 3 rings (SSSR count). The summed E-state index contributed by atoms with van der Waals surface area (Å²) in [6.07, 6.45) is 2.50. The average molecular weight is 459 g/mol. The van der Waals surface area contributed by atoms with Crippen LogP contribution in [0, 0.1) is 29.1 Å². The van der Waals surface area contributed by atoms with E-state index in [1.54, 1.807) is 7.05 Å². The predicted molar refractivity (Wildman–Crippen MR) is 127 cm³/mol. The quantitative estimate of drug-likeness (QED) is 0.551. The predicted octanol–water partition coefficient (Wildman–Crippen LogP) is 3.70. The average Bonchev–Trinajstić information content (AvgIpc) is 3.13. The zero-order valence-corrected chi connectivity index (χ0v) is 20.4. The van der Waals surface area contributed by atoms with Gasteiger partial charge < -0.3 is 9.64 Å². The summed E-state index contributed by atoms with van der Waals surface area (Å²) in [6.45, 7) is 7.30. The van der Waals surface area contributed by atoms with Crippen LogP contribution in [0.4, 0.5) is 4.39 Å². The second-order valence-corrected chi connectivity index (χ2v) is 10.4. The number of benzene rings is 1. The first-order chi connectivity index (χ1) is 15.7. The van der Waals surface area contributed by atoms with Gasteiger partial charge in [-0.2, -0.15) is 5.26 Å². The van der Waals surface area contributed by atoms with Crippen LogP contribution in [-0.2, 0) is 16.0 Å². The van der Waals surface area contributed by atoms with Crippen LogP contribution in [0.3, 0.4) is 0 Å². The Morgan fingerprint density at radius 3 is 2.67 bits per heavy atom. The molecule has 33 heavy (non-hydrogen) atoms. The van der Waals surface area contributed by atoms with E-state index in [-0.39, 0.29) is 31.2 Å². The number of ether oxygens (including phenoxy) is 1. The first kappa shape index (κ1) is 25.6. The molecule has 1 amide bonds. The summed E-state index contributed by atoms with van der Waals surface area (Å²) in [5.41, 5.74) is 7.32. The fourth-order valence-electron chi connectivity index (χ4n) is 5.61. The molecule has 3 N–H and O–H groups in total. The number of nitrogens with zero attached hydrogens (tertiary/aromatic N) is 2. The van der Waals surface area contributed by atoms with Crippen molar-refractivity contribution in [1.82, 2.24) is 10.2 Å². The summed E-state index contributed by atoms with van der Waals surface area (Å²) in [7, 11) is 1.68. The van der Waals surface area contributed by atoms with Gasteiger partial charge in [-0.3, -0.25) is 15.8 Å². The van der Waals surface area contributed by atoms with Crippen LogP contribution in [-0.4, -0.2) is 49.6 Å². The van der Waals surface area contributed by atoms with Gasteiger partial charge in [-0.15, -0.1) is 0 Å². The van der Waals surface area contributed by atoms with Crippen LogP contribution >= 0.6 is 0 Å². The topological polar surface area (TPSA) is 91.4 Å². The van der Waals surface area contributed by atoms with E-state index >= 15 is 4.39 Å². The number of nitrogens with one attached hydrogen (secondary N) is 1. The summed E-state index contributed by atoms with van der Waals surface area (Å²) < 4.78 is 21.0. The van der Waals surface area contributed by atoms with Crippen LogP contribution < -0.4 is 11.1 Å². The lowest BCUT2D eigenvalue weighted by Crippen LogP contribution is -2.59. The zero-order chi connectivity index (χ0) is 24.2. The Balaban J connectivity index is 1.93. The number of halogens is 1. The van der Waals surface area contributed by atoms with Crippen molar-refractivity contribution >= 4 is 5.91 Å². The second-order valence-electron chi connectivity index (χ2n) is 10.4. The van der Waals surface area contributed by atoms with Gasteiger partial charge in [0.15, 0.2) is 0 Å². The van der Waals surface area contributed by atoms with Gasteiger partial charge in [0.05, 0.1) is 24.1 Å². The molecule has 7 heteroatoms. The van der Waals surface area contributed by atoms with Gasteiger partial charge in [-0.05, 0) is 67.3 Å². The molecule has 1 aliphatic heterocycles. The summed E-state index contributed by atoms with van der Waals surface area (Å²) in [5, 5.41) is 12.4. The van der Waals surface area contributed by atoms with E-state index in [2.05, 4.69) is 32.2 Å². The van der Waals surface area contributed by atoms with Crippen LogP contribution in [0.5, 0.6) is 0 Å². The van der Waals surface area contributed by atoms with E-state index in [4.69, 9.17) is 10.5 Å². The highest BCUT2D eigenvalue weighted by Crippen LogP contribution is 2.44. The molecule has 0 bridgehead atoms. The van der Waals surface area contributed by atoms with Crippen molar-refractivity contribution in [2.75, 3.05) is 26.8 Å². The van der Waals surface area contributed by atoms with Crippen molar-refractivity contribution in [1.29, 1.82) is 5.26 Å². The lowest BCUT2D eigenvalue weighted by atomic mass is 9.81. The summed E-state index contributed by atoms with van der Waals surface area (Å²) in [4.78, 5) is 15.5. The smallest absolute Gasteiger partial charge is 0.232 e. The van der Waals surface area contributed by atoms with Gasteiger partial charge in [0, 0.05) is 26.1 Å². The normalized spacial score (nSPS) is 23.6. The lowest BCUT2D eigenvalue weighted by molar-refractivity contribution is -0.141. The Kier molecular flexibility index (Phi) is 8.49. The monoisotopic (exact) mass is 458 g/mol. The maximum absolute atomic E-state index is 15.6. The maximum Gasteiger partial charge on any atom is 0.232 e. The molecule has 0 spiro atoms. The maximum atomic E-state index is 15.6. The Bertz CT molecular complexity index is 862. The highest BCUT2D eigenvalue weighted by atomic mass is 19.1. The van der Waals surface area contributed by atoms with Gasteiger partial charge in [0.25, 0.3) is 0 Å². The van der Waals surface area contributed by atoms with E-state index < -0.39 is 17.9 Å². The molecule has 2 aliphatic rings. The number of nitriles is 1. The van der Waals surface area contributed by atoms with Crippen molar-refractivity contribution in [2.24, 2.45) is 23.5 Å². The number of rotatable bonds is 9. The molecule has 1 heterocycles. The fourth-order valence-corrected chi connectivity index (χ4v) is 5.61. The highest BCUT2D eigenvalue weighted by molar-refractivity contribution is 5.86. The summed E-state index contributed by atoms with van der Waals surface area (Å²) in [5.74, 6) is 0.565. The van der Waals surface area contributed by atoms with Crippen molar-refractivity contribution in [2.45, 2.75) is 70.8 Å². The fraction of sp³-hybridized carbons (Fsp3) is 0.692. The van der Waals surface area contributed by atoms with E-state index in [1.807, 2.05) is 18.2 Å². The molecule has 0 saturated carbocycles. The number of amides is 1. The molecule has 1 aromatic rings. The lowest BCUT2D eigenvalue weighted by Gasteiger charge is -2.39. The first-order valence-corrected chi connectivity index (χ1v) is 12.2. The zero-order valence-electron chi connectivity index (χ0n) is 20.4. The van der Waals surface area contributed by atoms with Crippen LogP contribution in [0.15, 0.2) is 18.2 Å². The molecule has 4 unspecified atom stereocenters. The molecule has 6 nitrogen and oxygen atoms in total. The minimum Gasteiger partial charge on any atom is -0.381 e. The molecule has 1 aromatic carbocycles. The Labute approximate surface area is 197 Å². The van der Waals surface area contributed by atoms with Crippen LogP contribution in [0.25, 0.3) is 0 Å². The van der Waals surface area contributed by atoms with Crippen molar-refractivity contribution in [3.63, 3.8) is 0 Å².